The van der Waals surface area contributed by atoms with Crippen molar-refractivity contribution in [2.45, 2.75) is 71.1 Å². The van der Waals surface area contributed by atoms with E-state index in [2.05, 4.69) is 15.3 Å². The average molecular weight is 452 g/mol. The maximum atomic E-state index is 14.1. The minimum atomic E-state index is -4.75. The predicted molar refractivity (Wildman–Crippen MR) is 114 cm³/mol. The molecule has 0 spiro atoms. The SMILES string of the molecule is CCCC(CC(=O)N1CCc2cnc(NC(C)C)nc2C1)c1ccc(C(F)(F)F)c(F)c1. The molecule has 3 rings (SSSR count). The summed E-state index contributed by atoms with van der Waals surface area (Å²) < 4.78 is 52.8. The number of nitrogens with one attached hydrogen (secondary N) is 1. The number of carbonyl (C=O) groups excluding carboxylic acids is 1. The van der Waals surface area contributed by atoms with Gasteiger partial charge in [0.1, 0.15) is 5.82 Å². The molecule has 9 heteroatoms. The zero-order chi connectivity index (χ0) is 23.5. The van der Waals surface area contributed by atoms with Crippen LogP contribution in [0.3, 0.4) is 0 Å². The van der Waals surface area contributed by atoms with Gasteiger partial charge in [0.25, 0.3) is 0 Å². The summed E-state index contributed by atoms with van der Waals surface area (Å²) in [6, 6.07) is 3.13. The highest BCUT2D eigenvalue weighted by atomic mass is 19.4. The van der Waals surface area contributed by atoms with Gasteiger partial charge in [-0.2, -0.15) is 13.2 Å². The lowest BCUT2D eigenvalue weighted by atomic mass is 9.89. The van der Waals surface area contributed by atoms with Gasteiger partial charge < -0.3 is 10.2 Å². The molecule has 0 saturated heterocycles. The van der Waals surface area contributed by atoms with Gasteiger partial charge in [-0.05, 0) is 55.9 Å². The van der Waals surface area contributed by atoms with Crippen LogP contribution in [0.25, 0.3) is 0 Å². The third-order valence-electron chi connectivity index (χ3n) is 5.54. The molecule has 0 bridgehead atoms. The minimum absolute atomic E-state index is 0.107. The molecule has 174 valence electrons. The highest BCUT2D eigenvalue weighted by Gasteiger charge is 2.34. The van der Waals surface area contributed by atoms with Gasteiger partial charge in [-0.15, -0.1) is 0 Å². The zero-order valence-electron chi connectivity index (χ0n) is 18.5. The molecule has 1 aliphatic heterocycles. The van der Waals surface area contributed by atoms with Crippen molar-refractivity contribution < 1.29 is 22.4 Å². The molecular weight excluding hydrogens is 424 g/mol. The van der Waals surface area contributed by atoms with E-state index in [4.69, 9.17) is 0 Å². The highest BCUT2D eigenvalue weighted by molar-refractivity contribution is 5.77. The fourth-order valence-corrected chi connectivity index (χ4v) is 3.93. The summed E-state index contributed by atoms with van der Waals surface area (Å²) >= 11 is 0. The number of aromatic nitrogens is 2. The summed E-state index contributed by atoms with van der Waals surface area (Å²) in [7, 11) is 0. The Bertz CT molecular complexity index is 961. The molecule has 0 aliphatic carbocycles. The van der Waals surface area contributed by atoms with Crippen LogP contribution in [0.2, 0.25) is 0 Å². The van der Waals surface area contributed by atoms with Gasteiger partial charge in [-0.1, -0.05) is 19.4 Å². The minimum Gasteiger partial charge on any atom is -0.352 e. The second-order valence-corrected chi connectivity index (χ2v) is 8.46. The molecular formula is C23H28F4N4O. The fourth-order valence-electron chi connectivity index (χ4n) is 3.93. The molecule has 1 unspecified atom stereocenters. The Morgan fingerprint density at radius 1 is 1.28 bits per heavy atom. The number of rotatable bonds is 7. The van der Waals surface area contributed by atoms with Crippen molar-refractivity contribution in [3.63, 3.8) is 0 Å². The van der Waals surface area contributed by atoms with Crippen LogP contribution in [0.5, 0.6) is 0 Å². The predicted octanol–water partition coefficient (Wildman–Crippen LogP) is 5.31. The maximum absolute atomic E-state index is 14.1. The van der Waals surface area contributed by atoms with Crippen LogP contribution in [0, 0.1) is 5.82 Å². The Labute approximate surface area is 185 Å². The molecule has 2 aromatic rings. The second-order valence-electron chi connectivity index (χ2n) is 8.46. The smallest absolute Gasteiger partial charge is 0.352 e. The number of amides is 1. The lowest BCUT2D eigenvalue weighted by Crippen LogP contribution is -2.37. The topological polar surface area (TPSA) is 58.1 Å². The number of hydrogen-bond donors (Lipinski definition) is 1. The summed E-state index contributed by atoms with van der Waals surface area (Å²) in [6.07, 6.45) is -0.927. The first-order valence-corrected chi connectivity index (χ1v) is 10.8. The van der Waals surface area contributed by atoms with Gasteiger partial charge in [0.2, 0.25) is 11.9 Å². The molecule has 1 atom stereocenters. The molecule has 1 N–H and O–H groups in total. The van der Waals surface area contributed by atoms with Crippen LogP contribution in [0.1, 0.15) is 68.3 Å². The molecule has 1 aromatic heterocycles. The molecule has 1 amide bonds. The Balaban J connectivity index is 1.74. The lowest BCUT2D eigenvalue weighted by molar-refractivity contribution is -0.140. The van der Waals surface area contributed by atoms with Crippen LogP contribution in [0.15, 0.2) is 24.4 Å². The van der Waals surface area contributed by atoms with Gasteiger partial charge in [0.15, 0.2) is 0 Å². The van der Waals surface area contributed by atoms with Crippen molar-refractivity contribution in [2.24, 2.45) is 0 Å². The van der Waals surface area contributed by atoms with E-state index in [1.165, 1.54) is 6.07 Å². The number of hydrogen-bond acceptors (Lipinski definition) is 4. The molecule has 5 nitrogen and oxygen atoms in total. The lowest BCUT2D eigenvalue weighted by Gasteiger charge is -2.30. The first kappa shape index (κ1) is 23.9. The zero-order valence-corrected chi connectivity index (χ0v) is 18.5. The monoisotopic (exact) mass is 452 g/mol. The molecule has 1 aliphatic rings. The van der Waals surface area contributed by atoms with Gasteiger partial charge >= 0.3 is 6.18 Å². The Kier molecular flexibility index (Phi) is 7.36. The summed E-state index contributed by atoms with van der Waals surface area (Å²) in [5.41, 5.74) is 0.906. The highest BCUT2D eigenvalue weighted by Crippen LogP contribution is 2.34. The standard InChI is InChI=1S/C23H28F4N4O/c1-4-5-15(16-6-7-18(19(24)10-16)23(25,26)27)11-21(32)31-9-8-17-12-28-22(29-14(2)3)30-20(17)13-31/h6-7,10,12,14-15H,4-5,8-9,11,13H2,1-3H3,(H,28,29,30). The van der Waals surface area contributed by atoms with Crippen LogP contribution >= 0.6 is 0 Å². The van der Waals surface area contributed by atoms with E-state index >= 15 is 0 Å². The second kappa shape index (κ2) is 9.83. The van der Waals surface area contributed by atoms with E-state index in [9.17, 15) is 22.4 Å². The Morgan fingerprint density at radius 3 is 2.66 bits per heavy atom. The van der Waals surface area contributed by atoms with Crippen molar-refractivity contribution in [1.82, 2.24) is 14.9 Å². The van der Waals surface area contributed by atoms with Crippen LogP contribution in [0.4, 0.5) is 23.5 Å². The van der Waals surface area contributed by atoms with E-state index in [1.54, 1.807) is 11.1 Å². The third kappa shape index (κ3) is 5.75. The Hall–Kier alpha value is -2.71. The summed E-state index contributed by atoms with van der Waals surface area (Å²) in [5, 5.41) is 3.15. The molecule has 0 saturated carbocycles. The summed E-state index contributed by atoms with van der Waals surface area (Å²) in [4.78, 5) is 23.6. The number of alkyl halides is 3. The first-order chi connectivity index (χ1) is 15.1. The van der Waals surface area contributed by atoms with E-state index in [-0.39, 0.29) is 24.3 Å². The van der Waals surface area contributed by atoms with Crippen molar-refractivity contribution in [1.29, 1.82) is 0 Å². The van der Waals surface area contributed by atoms with E-state index < -0.39 is 17.6 Å². The van der Waals surface area contributed by atoms with Crippen LogP contribution in [-0.4, -0.2) is 33.4 Å². The first-order valence-electron chi connectivity index (χ1n) is 10.8. The van der Waals surface area contributed by atoms with Crippen LogP contribution < -0.4 is 5.32 Å². The van der Waals surface area contributed by atoms with Crippen molar-refractivity contribution in [3.05, 3.63) is 52.6 Å². The van der Waals surface area contributed by atoms with Gasteiger partial charge in [0.05, 0.1) is 17.8 Å². The van der Waals surface area contributed by atoms with Gasteiger partial charge in [-0.3, -0.25) is 4.79 Å². The largest absolute Gasteiger partial charge is 0.419 e. The Morgan fingerprint density at radius 2 is 2.03 bits per heavy atom. The molecule has 1 aromatic carbocycles. The van der Waals surface area contributed by atoms with E-state index in [0.29, 0.717) is 37.4 Å². The molecule has 0 fully saturated rings. The molecule has 32 heavy (non-hydrogen) atoms. The maximum Gasteiger partial charge on any atom is 0.419 e. The van der Waals surface area contributed by atoms with Crippen molar-refractivity contribution in [2.75, 3.05) is 11.9 Å². The number of halogens is 4. The quantitative estimate of drug-likeness (QED) is 0.578. The van der Waals surface area contributed by atoms with Gasteiger partial charge in [-0.25, -0.2) is 14.4 Å². The number of benzene rings is 1. The summed E-state index contributed by atoms with van der Waals surface area (Å²) in [5.74, 6) is -1.27. The van der Waals surface area contributed by atoms with Crippen molar-refractivity contribution >= 4 is 11.9 Å². The number of nitrogens with zero attached hydrogens (tertiary/aromatic N) is 3. The van der Waals surface area contributed by atoms with Crippen LogP contribution in [-0.2, 0) is 23.9 Å². The van der Waals surface area contributed by atoms with Crippen molar-refractivity contribution in [3.8, 4) is 0 Å². The fraction of sp³-hybridized carbons (Fsp3) is 0.522. The van der Waals surface area contributed by atoms with Gasteiger partial charge in [0, 0.05) is 25.2 Å². The summed E-state index contributed by atoms with van der Waals surface area (Å²) in [6.45, 7) is 6.76. The van der Waals surface area contributed by atoms with E-state index in [0.717, 1.165) is 29.8 Å². The molecule has 2 heterocycles. The third-order valence-corrected chi connectivity index (χ3v) is 5.54. The normalized spacial score (nSPS) is 14.9. The van der Waals surface area contributed by atoms with E-state index in [1.807, 2.05) is 20.8 Å². The number of carbonyl (C=O) groups is 1. The number of fused-ring (bicyclic) bond motifs is 1. The number of anilines is 1. The average Bonchev–Trinajstić information content (AvgIpc) is 2.71. The molecule has 0 radical (unpaired) electrons.